The van der Waals surface area contributed by atoms with E-state index in [9.17, 15) is 4.79 Å². The minimum absolute atomic E-state index is 0.360. The Kier molecular flexibility index (Phi) is 5.25. The SMILES string of the molecule is CCCCOc1cccc([C@@H]2C(C(=O)OC)=C(C)Nc3nc4ccccc4n32)c1. The third kappa shape index (κ3) is 3.46. The summed E-state index contributed by atoms with van der Waals surface area (Å²) in [6.45, 7) is 4.69. The van der Waals surface area contributed by atoms with Crippen molar-refractivity contribution in [3.8, 4) is 5.75 Å². The lowest BCUT2D eigenvalue weighted by Crippen LogP contribution is -2.28. The molecule has 1 aliphatic heterocycles. The summed E-state index contributed by atoms with van der Waals surface area (Å²) >= 11 is 0. The molecule has 1 atom stereocenters. The first-order valence-electron chi connectivity index (χ1n) is 9.90. The van der Waals surface area contributed by atoms with E-state index in [1.54, 1.807) is 0 Å². The number of hydrogen-bond acceptors (Lipinski definition) is 5. The number of anilines is 1. The van der Waals surface area contributed by atoms with Crippen molar-refractivity contribution in [2.24, 2.45) is 0 Å². The quantitative estimate of drug-likeness (QED) is 0.488. The summed E-state index contributed by atoms with van der Waals surface area (Å²) in [5, 5.41) is 3.27. The molecule has 6 heteroatoms. The van der Waals surface area contributed by atoms with Gasteiger partial charge in [-0.25, -0.2) is 9.78 Å². The number of imidazole rings is 1. The van der Waals surface area contributed by atoms with Gasteiger partial charge in [0.05, 0.1) is 36.4 Å². The fraction of sp³-hybridized carbons (Fsp3) is 0.304. The van der Waals surface area contributed by atoms with Crippen molar-refractivity contribution >= 4 is 23.0 Å². The highest BCUT2D eigenvalue weighted by Crippen LogP contribution is 2.40. The molecule has 0 fully saturated rings. The Hall–Kier alpha value is -3.28. The van der Waals surface area contributed by atoms with Gasteiger partial charge < -0.3 is 14.8 Å². The molecule has 29 heavy (non-hydrogen) atoms. The number of fused-ring (bicyclic) bond motifs is 3. The van der Waals surface area contributed by atoms with Gasteiger partial charge in [0.2, 0.25) is 5.95 Å². The zero-order valence-electron chi connectivity index (χ0n) is 16.9. The molecule has 0 unspecified atom stereocenters. The molecule has 1 aliphatic rings. The Bertz CT molecular complexity index is 1080. The van der Waals surface area contributed by atoms with Gasteiger partial charge in [0.1, 0.15) is 5.75 Å². The number of methoxy groups -OCH3 is 1. The van der Waals surface area contributed by atoms with Crippen LogP contribution in [0.2, 0.25) is 0 Å². The van der Waals surface area contributed by atoms with E-state index in [4.69, 9.17) is 14.5 Å². The summed E-state index contributed by atoms with van der Waals surface area (Å²) in [6, 6.07) is 15.5. The lowest BCUT2D eigenvalue weighted by Gasteiger charge is -2.30. The van der Waals surface area contributed by atoms with E-state index < -0.39 is 0 Å². The fourth-order valence-corrected chi connectivity index (χ4v) is 3.76. The second kappa shape index (κ2) is 7.99. The fourth-order valence-electron chi connectivity index (χ4n) is 3.76. The number of nitrogens with zero attached hydrogens (tertiary/aromatic N) is 2. The zero-order valence-corrected chi connectivity index (χ0v) is 16.9. The molecule has 0 aliphatic carbocycles. The molecule has 6 nitrogen and oxygen atoms in total. The van der Waals surface area contributed by atoms with Crippen molar-refractivity contribution in [1.29, 1.82) is 0 Å². The van der Waals surface area contributed by atoms with Gasteiger partial charge in [-0.2, -0.15) is 0 Å². The van der Waals surface area contributed by atoms with Crippen LogP contribution in [0.25, 0.3) is 11.0 Å². The monoisotopic (exact) mass is 391 g/mol. The average Bonchev–Trinajstić information content (AvgIpc) is 3.10. The predicted octanol–water partition coefficient (Wildman–Crippen LogP) is 4.68. The lowest BCUT2D eigenvalue weighted by molar-refractivity contribution is -0.136. The zero-order chi connectivity index (χ0) is 20.4. The number of allylic oxidation sites excluding steroid dienone is 1. The molecule has 0 saturated carbocycles. The van der Waals surface area contributed by atoms with Crippen LogP contribution in [0.4, 0.5) is 5.95 Å². The maximum absolute atomic E-state index is 12.7. The highest BCUT2D eigenvalue weighted by Gasteiger charge is 2.34. The van der Waals surface area contributed by atoms with Gasteiger partial charge in [-0.15, -0.1) is 0 Å². The molecule has 0 amide bonds. The van der Waals surface area contributed by atoms with Crippen LogP contribution in [0, 0.1) is 0 Å². The largest absolute Gasteiger partial charge is 0.494 e. The molecule has 2 heterocycles. The molecular weight excluding hydrogens is 366 g/mol. The van der Waals surface area contributed by atoms with Crippen molar-refractivity contribution in [2.75, 3.05) is 19.0 Å². The van der Waals surface area contributed by atoms with E-state index in [1.165, 1.54) is 7.11 Å². The standard InChI is InChI=1S/C23H25N3O3/c1-4-5-13-29-17-10-8-9-16(14-17)21-20(22(27)28-3)15(2)24-23-25-18-11-6-7-12-19(18)26(21)23/h6-12,14,21H,4-5,13H2,1-3H3,(H,24,25)/t21-/m1/s1. The smallest absolute Gasteiger partial charge is 0.337 e. The predicted molar refractivity (Wildman–Crippen MR) is 113 cm³/mol. The Labute approximate surface area is 170 Å². The first-order chi connectivity index (χ1) is 14.1. The van der Waals surface area contributed by atoms with E-state index in [2.05, 4.69) is 16.8 Å². The molecule has 0 spiro atoms. The first-order valence-corrected chi connectivity index (χ1v) is 9.90. The Morgan fingerprint density at radius 1 is 1.21 bits per heavy atom. The molecule has 1 aromatic heterocycles. The Morgan fingerprint density at radius 3 is 2.83 bits per heavy atom. The molecule has 4 rings (SSSR count). The molecular formula is C23H25N3O3. The second-order valence-electron chi connectivity index (χ2n) is 7.13. The van der Waals surface area contributed by atoms with Gasteiger partial charge in [-0.05, 0) is 43.2 Å². The highest BCUT2D eigenvalue weighted by atomic mass is 16.5. The number of ether oxygens (including phenoxy) is 2. The summed E-state index contributed by atoms with van der Waals surface area (Å²) in [5.41, 5.74) is 4.07. The van der Waals surface area contributed by atoms with Gasteiger partial charge in [-0.3, -0.25) is 4.57 Å². The van der Waals surface area contributed by atoms with Crippen LogP contribution in [0.1, 0.15) is 38.3 Å². The Morgan fingerprint density at radius 2 is 2.03 bits per heavy atom. The van der Waals surface area contributed by atoms with Crippen LogP contribution in [-0.4, -0.2) is 29.2 Å². The van der Waals surface area contributed by atoms with Crippen molar-refractivity contribution in [3.63, 3.8) is 0 Å². The number of carbonyl (C=O) groups excluding carboxylic acids is 1. The van der Waals surface area contributed by atoms with E-state index in [0.717, 1.165) is 40.9 Å². The number of nitrogens with one attached hydrogen (secondary N) is 1. The molecule has 0 radical (unpaired) electrons. The minimum atomic E-state index is -0.360. The van der Waals surface area contributed by atoms with Crippen molar-refractivity contribution in [1.82, 2.24) is 9.55 Å². The molecule has 0 saturated heterocycles. The molecule has 3 aromatic rings. The van der Waals surface area contributed by atoms with E-state index in [-0.39, 0.29) is 12.0 Å². The molecule has 1 N–H and O–H groups in total. The number of unbranched alkanes of at least 4 members (excludes halogenated alkanes) is 1. The first kappa shape index (κ1) is 19.1. The summed E-state index contributed by atoms with van der Waals surface area (Å²) in [5.74, 6) is 1.14. The number of rotatable bonds is 6. The normalized spacial score (nSPS) is 15.8. The van der Waals surface area contributed by atoms with E-state index in [1.807, 2.05) is 55.5 Å². The number of benzene rings is 2. The number of carbonyl (C=O) groups is 1. The number of esters is 1. The molecule has 150 valence electrons. The highest BCUT2D eigenvalue weighted by molar-refractivity contribution is 5.94. The van der Waals surface area contributed by atoms with Crippen LogP contribution in [0.15, 0.2) is 59.8 Å². The van der Waals surface area contributed by atoms with Crippen LogP contribution in [-0.2, 0) is 9.53 Å². The van der Waals surface area contributed by atoms with Crippen molar-refractivity contribution in [3.05, 3.63) is 65.4 Å². The van der Waals surface area contributed by atoms with Crippen LogP contribution >= 0.6 is 0 Å². The Balaban J connectivity index is 1.87. The van der Waals surface area contributed by atoms with Gasteiger partial charge in [-0.1, -0.05) is 37.6 Å². The molecule has 0 bridgehead atoms. The number of hydrogen-bond donors (Lipinski definition) is 1. The molecule has 2 aromatic carbocycles. The van der Waals surface area contributed by atoms with Crippen LogP contribution in [0.3, 0.4) is 0 Å². The maximum Gasteiger partial charge on any atom is 0.337 e. The third-order valence-electron chi connectivity index (χ3n) is 5.18. The summed E-state index contributed by atoms with van der Waals surface area (Å²) in [7, 11) is 1.41. The van der Waals surface area contributed by atoms with Gasteiger partial charge in [0, 0.05) is 5.70 Å². The van der Waals surface area contributed by atoms with E-state index >= 15 is 0 Å². The van der Waals surface area contributed by atoms with Crippen LogP contribution < -0.4 is 10.1 Å². The van der Waals surface area contributed by atoms with Crippen molar-refractivity contribution in [2.45, 2.75) is 32.7 Å². The van der Waals surface area contributed by atoms with Gasteiger partial charge >= 0.3 is 5.97 Å². The van der Waals surface area contributed by atoms with Gasteiger partial charge in [0.15, 0.2) is 0 Å². The van der Waals surface area contributed by atoms with Crippen LogP contribution in [0.5, 0.6) is 5.75 Å². The average molecular weight is 391 g/mol. The van der Waals surface area contributed by atoms with Gasteiger partial charge in [0.25, 0.3) is 0 Å². The summed E-state index contributed by atoms with van der Waals surface area (Å²) < 4.78 is 13.1. The van der Waals surface area contributed by atoms with Crippen molar-refractivity contribution < 1.29 is 14.3 Å². The number of para-hydroxylation sites is 2. The van der Waals surface area contributed by atoms with E-state index in [0.29, 0.717) is 18.1 Å². The third-order valence-corrected chi connectivity index (χ3v) is 5.18. The minimum Gasteiger partial charge on any atom is -0.494 e. The summed E-state index contributed by atoms with van der Waals surface area (Å²) in [6.07, 6.45) is 2.08. The number of aromatic nitrogens is 2. The summed E-state index contributed by atoms with van der Waals surface area (Å²) in [4.78, 5) is 17.5. The second-order valence-corrected chi connectivity index (χ2v) is 7.13. The maximum atomic E-state index is 12.7. The lowest BCUT2D eigenvalue weighted by atomic mass is 9.95. The topological polar surface area (TPSA) is 65.4 Å².